The van der Waals surface area contributed by atoms with E-state index in [1.807, 2.05) is 0 Å². The maximum Gasteiger partial charge on any atom is 0.321 e. The standard InChI is InChI=1S/C21H35N3O10/c1-5-7-21(4,17(31)11(22)8-14(25)26)23-12(9-15(27)28)18(32)20(3,6-2)24-13(19(33)34)10-16(29)30/h11-13,23-24H,5-10,22H2,1-4H3,(H,25,26)(H,27,28)(H,29,30)(H,33,34). The van der Waals surface area contributed by atoms with Gasteiger partial charge in [-0.1, -0.05) is 20.3 Å². The zero-order valence-electron chi connectivity index (χ0n) is 19.8. The molecule has 0 rings (SSSR count). The minimum Gasteiger partial charge on any atom is -0.481 e. The van der Waals surface area contributed by atoms with Crippen LogP contribution >= 0.6 is 0 Å². The van der Waals surface area contributed by atoms with E-state index in [1.54, 1.807) is 6.92 Å². The summed E-state index contributed by atoms with van der Waals surface area (Å²) in [6.45, 7) is 5.97. The predicted molar refractivity (Wildman–Crippen MR) is 118 cm³/mol. The minimum atomic E-state index is -1.66. The van der Waals surface area contributed by atoms with Crippen LogP contribution in [0.3, 0.4) is 0 Å². The second kappa shape index (κ2) is 13.1. The van der Waals surface area contributed by atoms with Crippen LogP contribution in [-0.4, -0.2) is 85.1 Å². The third-order valence-corrected chi connectivity index (χ3v) is 5.63. The molecule has 13 heteroatoms. The molecule has 0 radical (unpaired) electrons. The van der Waals surface area contributed by atoms with Gasteiger partial charge < -0.3 is 26.2 Å². The van der Waals surface area contributed by atoms with Gasteiger partial charge in [0.25, 0.3) is 0 Å². The van der Waals surface area contributed by atoms with Crippen LogP contribution in [0, 0.1) is 0 Å². The Morgan fingerprint density at radius 1 is 0.735 bits per heavy atom. The number of rotatable bonds is 18. The molecule has 0 aromatic heterocycles. The van der Waals surface area contributed by atoms with Crippen LogP contribution in [0.4, 0.5) is 0 Å². The average Bonchev–Trinajstić information content (AvgIpc) is 2.70. The van der Waals surface area contributed by atoms with Gasteiger partial charge >= 0.3 is 23.9 Å². The Bertz CT molecular complexity index is 802. The van der Waals surface area contributed by atoms with Crippen molar-refractivity contribution >= 4 is 35.4 Å². The lowest BCUT2D eigenvalue weighted by atomic mass is 9.81. The smallest absolute Gasteiger partial charge is 0.321 e. The van der Waals surface area contributed by atoms with Crippen LogP contribution in [0.25, 0.3) is 0 Å². The Hall–Kier alpha value is -2.90. The molecule has 0 aromatic carbocycles. The zero-order chi connectivity index (χ0) is 26.9. The molecule has 0 amide bonds. The van der Waals surface area contributed by atoms with Crippen LogP contribution in [0.1, 0.15) is 66.2 Å². The fourth-order valence-electron chi connectivity index (χ4n) is 3.72. The molecule has 0 aliphatic heterocycles. The van der Waals surface area contributed by atoms with E-state index in [4.69, 9.17) is 15.9 Å². The van der Waals surface area contributed by atoms with Crippen molar-refractivity contribution in [2.45, 2.75) is 95.4 Å². The summed E-state index contributed by atoms with van der Waals surface area (Å²) in [6.07, 6.45) is -1.77. The lowest BCUT2D eigenvalue weighted by Crippen LogP contribution is -2.66. The van der Waals surface area contributed by atoms with E-state index >= 15 is 0 Å². The first-order valence-electron chi connectivity index (χ1n) is 10.8. The Morgan fingerprint density at radius 2 is 1.18 bits per heavy atom. The first-order chi connectivity index (χ1) is 15.5. The van der Waals surface area contributed by atoms with Crippen LogP contribution in [0.5, 0.6) is 0 Å². The number of nitrogens with two attached hydrogens (primary N) is 1. The summed E-state index contributed by atoms with van der Waals surface area (Å²) in [6, 6.07) is -4.54. The van der Waals surface area contributed by atoms with Gasteiger partial charge in [0, 0.05) is 0 Å². The summed E-state index contributed by atoms with van der Waals surface area (Å²) in [5, 5.41) is 41.9. The van der Waals surface area contributed by atoms with Crippen molar-refractivity contribution in [3.05, 3.63) is 0 Å². The predicted octanol–water partition coefficient (Wildman–Crippen LogP) is -0.395. The quantitative estimate of drug-likeness (QED) is 0.130. The number of ketones is 2. The molecule has 0 fully saturated rings. The van der Waals surface area contributed by atoms with Crippen molar-refractivity contribution in [2.24, 2.45) is 5.73 Å². The molecule has 0 aliphatic carbocycles. The molecule has 0 heterocycles. The number of hydrogen-bond donors (Lipinski definition) is 7. The fourth-order valence-corrected chi connectivity index (χ4v) is 3.72. The number of carboxylic acids is 4. The number of nitrogens with one attached hydrogen (secondary N) is 2. The van der Waals surface area contributed by atoms with Crippen molar-refractivity contribution in [1.82, 2.24) is 10.6 Å². The van der Waals surface area contributed by atoms with E-state index < -0.39 is 83.9 Å². The molecule has 13 nitrogen and oxygen atoms in total. The van der Waals surface area contributed by atoms with Crippen LogP contribution in [-0.2, 0) is 28.8 Å². The molecule has 0 aromatic rings. The average molecular weight is 490 g/mol. The van der Waals surface area contributed by atoms with Crippen molar-refractivity contribution in [1.29, 1.82) is 0 Å². The number of carboxylic acid groups (broad SMARTS) is 4. The molecule has 5 atom stereocenters. The summed E-state index contributed by atoms with van der Waals surface area (Å²) in [4.78, 5) is 71.5. The van der Waals surface area contributed by atoms with E-state index in [1.165, 1.54) is 20.8 Å². The number of hydrogen-bond acceptors (Lipinski definition) is 9. The number of aliphatic carboxylic acids is 4. The Morgan fingerprint density at radius 3 is 1.56 bits per heavy atom. The van der Waals surface area contributed by atoms with Gasteiger partial charge in [-0.3, -0.25) is 39.4 Å². The molecule has 0 bridgehead atoms. The first-order valence-corrected chi connectivity index (χ1v) is 10.8. The maximum atomic E-state index is 13.5. The Balaban J connectivity index is 6.20. The zero-order valence-corrected chi connectivity index (χ0v) is 19.8. The highest BCUT2D eigenvalue weighted by atomic mass is 16.4. The van der Waals surface area contributed by atoms with Crippen molar-refractivity contribution in [3.8, 4) is 0 Å². The fraction of sp³-hybridized carbons (Fsp3) is 0.714. The summed E-state index contributed by atoms with van der Waals surface area (Å²) >= 11 is 0. The number of carbonyl (C=O) groups excluding carboxylic acids is 2. The van der Waals surface area contributed by atoms with Gasteiger partial charge in [-0.05, 0) is 26.7 Å². The van der Waals surface area contributed by atoms with Gasteiger partial charge in [-0.2, -0.15) is 0 Å². The van der Waals surface area contributed by atoms with Crippen LogP contribution in [0.15, 0.2) is 0 Å². The summed E-state index contributed by atoms with van der Waals surface area (Å²) < 4.78 is 0. The first kappa shape index (κ1) is 31.1. The van der Waals surface area contributed by atoms with E-state index in [0.717, 1.165) is 0 Å². The molecule has 194 valence electrons. The summed E-state index contributed by atoms with van der Waals surface area (Å²) in [5.74, 6) is -7.14. The second-order valence-electron chi connectivity index (χ2n) is 8.63. The van der Waals surface area contributed by atoms with Gasteiger partial charge in [0.15, 0.2) is 11.6 Å². The van der Waals surface area contributed by atoms with Gasteiger partial charge in [0.1, 0.15) is 6.04 Å². The van der Waals surface area contributed by atoms with E-state index in [2.05, 4.69) is 10.6 Å². The SMILES string of the molecule is CCCC(C)(NC(CC(=O)O)C(=O)C(C)(CC)NC(CC(=O)O)C(=O)O)C(=O)C(N)CC(=O)O. The molecule has 0 spiro atoms. The largest absolute Gasteiger partial charge is 0.481 e. The monoisotopic (exact) mass is 489 g/mol. The van der Waals surface area contributed by atoms with E-state index in [-0.39, 0.29) is 12.8 Å². The third-order valence-electron chi connectivity index (χ3n) is 5.63. The molecule has 34 heavy (non-hydrogen) atoms. The number of Topliss-reactive ketones (excluding diaryl/α,β-unsaturated/α-hetero) is 2. The maximum absolute atomic E-state index is 13.5. The van der Waals surface area contributed by atoms with Gasteiger partial charge in [0.2, 0.25) is 0 Å². The molecule has 5 unspecified atom stereocenters. The van der Waals surface area contributed by atoms with E-state index in [9.17, 15) is 39.0 Å². The van der Waals surface area contributed by atoms with Gasteiger partial charge in [-0.15, -0.1) is 0 Å². The minimum absolute atomic E-state index is 0.0238. The van der Waals surface area contributed by atoms with Crippen LogP contribution in [0.2, 0.25) is 0 Å². The molecular formula is C21H35N3O10. The topological polar surface area (TPSA) is 233 Å². The lowest BCUT2D eigenvalue weighted by Gasteiger charge is -2.39. The summed E-state index contributed by atoms with van der Waals surface area (Å²) in [7, 11) is 0. The molecule has 0 saturated carbocycles. The van der Waals surface area contributed by atoms with Crippen LogP contribution < -0.4 is 16.4 Å². The molecular weight excluding hydrogens is 454 g/mol. The second-order valence-corrected chi connectivity index (χ2v) is 8.63. The normalized spacial score (nSPS) is 17.4. The van der Waals surface area contributed by atoms with E-state index in [0.29, 0.717) is 6.42 Å². The molecule has 0 saturated heterocycles. The van der Waals surface area contributed by atoms with Crippen molar-refractivity contribution in [3.63, 3.8) is 0 Å². The van der Waals surface area contributed by atoms with Crippen molar-refractivity contribution in [2.75, 3.05) is 0 Å². The Kier molecular flexibility index (Phi) is 12.0. The van der Waals surface area contributed by atoms with Gasteiger partial charge in [0.05, 0.1) is 42.4 Å². The summed E-state index contributed by atoms with van der Waals surface area (Å²) in [5.41, 5.74) is 2.52. The highest BCUT2D eigenvalue weighted by Gasteiger charge is 2.45. The number of carbonyl (C=O) groups is 6. The highest BCUT2D eigenvalue weighted by molar-refractivity contribution is 5.98. The van der Waals surface area contributed by atoms with Crippen molar-refractivity contribution < 1.29 is 49.2 Å². The van der Waals surface area contributed by atoms with Gasteiger partial charge in [-0.25, -0.2) is 0 Å². The third kappa shape index (κ3) is 9.15. The molecule has 0 aliphatic rings. The Labute approximate surface area is 197 Å². The highest BCUT2D eigenvalue weighted by Crippen LogP contribution is 2.23. The molecule has 8 N–H and O–H groups in total. The lowest BCUT2D eigenvalue weighted by molar-refractivity contribution is -0.147.